The molecule has 1 aliphatic carbocycles. The number of amides is 1. The van der Waals surface area contributed by atoms with Gasteiger partial charge in [-0.05, 0) is 32.6 Å². The summed E-state index contributed by atoms with van der Waals surface area (Å²) in [6.45, 7) is 4.24. The molecular weight excluding hydrogens is 260 g/mol. The van der Waals surface area contributed by atoms with E-state index in [9.17, 15) is 9.59 Å². The van der Waals surface area contributed by atoms with Gasteiger partial charge in [0.25, 0.3) is 0 Å². The Labute approximate surface area is 119 Å². The Balaban J connectivity index is 1.68. The van der Waals surface area contributed by atoms with Crippen molar-refractivity contribution in [3.63, 3.8) is 0 Å². The Hall–Kier alpha value is -1.14. The van der Waals surface area contributed by atoms with Crippen LogP contribution in [0.1, 0.15) is 32.6 Å². The fourth-order valence-corrected chi connectivity index (χ4v) is 2.93. The number of rotatable bonds is 4. The molecule has 2 fully saturated rings. The second kappa shape index (κ2) is 7.04. The van der Waals surface area contributed by atoms with Gasteiger partial charge in [-0.2, -0.15) is 0 Å². The Kier molecular flexibility index (Phi) is 5.37. The van der Waals surface area contributed by atoms with E-state index in [0.717, 1.165) is 12.8 Å². The molecule has 1 unspecified atom stereocenters. The van der Waals surface area contributed by atoms with Gasteiger partial charge >= 0.3 is 5.97 Å². The van der Waals surface area contributed by atoms with E-state index in [4.69, 9.17) is 9.84 Å². The SMILES string of the molecule is CC1CN(C(=O)CNC2CCC(C(=O)O)CC2)CCO1. The van der Waals surface area contributed by atoms with E-state index in [1.165, 1.54) is 0 Å². The third-order valence-corrected chi connectivity index (χ3v) is 4.21. The Morgan fingerprint density at radius 2 is 2.00 bits per heavy atom. The fourth-order valence-electron chi connectivity index (χ4n) is 2.93. The first-order chi connectivity index (χ1) is 9.56. The fraction of sp³-hybridized carbons (Fsp3) is 0.857. The molecule has 0 aromatic carbocycles. The molecule has 2 aliphatic rings. The molecule has 20 heavy (non-hydrogen) atoms. The maximum atomic E-state index is 12.1. The molecule has 0 bridgehead atoms. The van der Waals surface area contributed by atoms with Gasteiger partial charge in [-0.3, -0.25) is 9.59 Å². The summed E-state index contributed by atoms with van der Waals surface area (Å²) in [5, 5.41) is 12.2. The van der Waals surface area contributed by atoms with Gasteiger partial charge in [-0.1, -0.05) is 0 Å². The average molecular weight is 284 g/mol. The normalized spacial score (nSPS) is 31.1. The molecule has 1 amide bonds. The molecule has 0 radical (unpaired) electrons. The minimum Gasteiger partial charge on any atom is -0.481 e. The lowest BCUT2D eigenvalue weighted by molar-refractivity contribution is -0.143. The maximum absolute atomic E-state index is 12.1. The molecule has 1 atom stereocenters. The number of carbonyl (C=O) groups excluding carboxylic acids is 1. The minimum absolute atomic E-state index is 0.110. The van der Waals surface area contributed by atoms with Crippen LogP contribution in [0, 0.1) is 5.92 Å². The van der Waals surface area contributed by atoms with Crippen LogP contribution in [0.4, 0.5) is 0 Å². The number of nitrogens with zero attached hydrogens (tertiary/aromatic N) is 1. The Bertz CT molecular complexity index is 353. The number of carbonyl (C=O) groups is 2. The average Bonchev–Trinajstić information content (AvgIpc) is 2.45. The summed E-state index contributed by atoms with van der Waals surface area (Å²) >= 11 is 0. The van der Waals surface area contributed by atoms with E-state index in [1.54, 1.807) is 0 Å². The largest absolute Gasteiger partial charge is 0.481 e. The summed E-state index contributed by atoms with van der Waals surface area (Å²) < 4.78 is 5.42. The zero-order valence-corrected chi connectivity index (χ0v) is 12.0. The van der Waals surface area contributed by atoms with E-state index < -0.39 is 5.97 Å². The smallest absolute Gasteiger partial charge is 0.306 e. The van der Waals surface area contributed by atoms with E-state index in [1.807, 2.05) is 11.8 Å². The van der Waals surface area contributed by atoms with Crippen molar-refractivity contribution >= 4 is 11.9 Å². The predicted octanol–water partition coefficient (Wildman–Crippen LogP) is 0.467. The molecule has 1 aliphatic heterocycles. The summed E-state index contributed by atoms with van der Waals surface area (Å²) in [5.74, 6) is -0.786. The topological polar surface area (TPSA) is 78.9 Å². The van der Waals surface area contributed by atoms with Gasteiger partial charge in [0, 0.05) is 19.1 Å². The lowest BCUT2D eigenvalue weighted by Crippen LogP contribution is -2.49. The third kappa shape index (κ3) is 4.18. The molecule has 2 rings (SSSR count). The monoisotopic (exact) mass is 284 g/mol. The van der Waals surface area contributed by atoms with E-state index in [0.29, 0.717) is 39.1 Å². The van der Waals surface area contributed by atoms with Gasteiger partial charge < -0.3 is 20.1 Å². The maximum Gasteiger partial charge on any atom is 0.306 e. The predicted molar refractivity (Wildman–Crippen MR) is 73.4 cm³/mol. The first-order valence-electron chi connectivity index (χ1n) is 7.42. The zero-order valence-electron chi connectivity index (χ0n) is 12.0. The summed E-state index contributed by atoms with van der Waals surface area (Å²) in [7, 11) is 0. The molecular formula is C14H24N2O4. The van der Waals surface area contributed by atoms with Crippen LogP contribution in [0.15, 0.2) is 0 Å². The van der Waals surface area contributed by atoms with Crippen LogP contribution in [-0.2, 0) is 14.3 Å². The van der Waals surface area contributed by atoms with Crippen LogP contribution < -0.4 is 5.32 Å². The summed E-state index contributed by atoms with van der Waals surface area (Å²) in [5.41, 5.74) is 0. The van der Waals surface area contributed by atoms with Crippen LogP contribution in [0.25, 0.3) is 0 Å². The zero-order chi connectivity index (χ0) is 14.5. The van der Waals surface area contributed by atoms with E-state index in [-0.39, 0.29) is 24.0 Å². The van der Waals surface area contributed by atoms with Crippen molar-refractivity contribution in [3.8, 4) is 0 Å². The molecule has 1 heterocycles. The van der Waals surface area contributed by atoms with Crippen LogP contribution in [0.5, 0.6) is 0 Å². The Morgan fingerprint density at radius 3 is 2.60 bits per heavy atom. The van der Waals surface area contributed by atoms with Crippen molar-refractivity contribution in [3.05, 3.63) is 0 Å². The second-order valence-electron chi connectivity index (χ2n) is 5.79. The lowest BCUT2D eigenvalue weighted by Gasteiger charge is -2.32. The molecule has 6 nitrogen and oxygen atoms in total. The standard InChI is InChI=1S/C14H24N2O4/c1-10-9-16(6-7-20-10)13(17)8-15-12-4-2-11(3-5-12)14(18)19/h10-12,15H,2-9H2,1H3,(H,18,19). The molecule has 1 saturated heterocycles. The number of morpholine rings is 1. The molecule has 2 N–H and O–H groups in total. The van der Waals surface area contributed by atoms with E-state index in [2.05, 4.69) is 5.32 Å². The van der Waals surface area contributed by atoms with Gasteiger partial charge in [0.15, 0.2) is 0 Å². The number of ether oxygens (including phenoxy) is 1. The van der Waals surface area contributed by atoms with Crippen molar-refractivity contribution in [2.24, 2.45) is 5.92 Å². The molecule has 1 saturated carbocycles. The number of hydrogen-bond acceptors (Lipinski definition) is 4. The third-order valence-electron chi connectivity index (χ3n) is 4.21. The highest BCUT2D eigenvalue weighted by molar-refractivity contribution is 5.78. The van der Waals surface area contributed by atoms with Gasteiger partial charge in [0.05, 0.1) is 25.2 Å². The van der Waals surface area contributed by atoms with Crippen LogP contribution in [0.2, 0.25) is 0 Å². The first-order valence-corrected chi connectivity index (χ1v) is 7.42. The molecule has 6 heteroatoms. The lowest BCUT2D eigenvalue weighted by atomic mass is 9.86. The molecule has 114 valence electrons. The number of carboxylic acids is 1. The van der Waals surface area contributed by atoms with Gasteiger partial charge in [-0.25, -0.2) is 0 Å². The van der Waals surface area contributed by atoms with Crippen LogP contribution in [0.3, 0.4) is 0 Å². The summed E-state index contributed by atoms with van der Waals surface area (Å²) in [6, 6.07) is 0.271. The number of hydrogen-bond donors (Lipinski definition) is 2. The van der Waals surface area contributed by atoms with Crippen molar-refractivity contribution in [2.75, 3.05) is 26.2 Å². The number of nitrogens with one attached hydrogen (secondary N) is 1. The summed E-state index contributed by atoms with van der Waals surface area (Å²) in [4.78, 5) is 24.8. The quantitative estimate of drug-likeness (QED) is 0.784. The van der Waals surface area contributed by atoms with Crippen molar-refractivity contribution in [2.45, 2.75) is 44.8 Å². The van der Waals surface area contributed by atoms with Gasteiger partial charge in [0.2, 0.25) is 5.91 Å². The van der Waals surface area contributed by atoms with Crippen molar-refractivity contribution in [1.29, 1.82) is 0 Å². The van der Waals surface area contributed by atoms with E-state index >= 15 is 0 Å². The van der Waals surface area contributed by atoms with Gasteiger partial charge in [0.1, 0.15) is 0 Å². The highest BCUT2D eigenvalue weighted by Crippen LogP contribution is 2.24. The van der Waals surface area contributed by atoms with Crippen LogP contribution in [-0.4, -0.2) is 60.3 Å². The van der Waals surface area contributed by atoms with Crippen molar-refractivity contribution in [1.82, 2.24) is 10.2 Å². The Morgan fingerprint density at radius 1 is 1.30 bits per heavy atom. The minimum atomic E-state index is -0.693. The first kappa shape index (κ1) is 15.3. The number of aliphatic carboxylic acids is 1. The second-order valence-corrected chi connectivity index (χ2v) is 5.79. The number of carboxylic acid groups (broad SMARTS) is 1. The van der Waals surface area contributed by atoms with Crippen molar-refractivity contribution < 1.29 is 19.4 Å². The molecule has 0 aromatic heterocycles. The van der Waals surface area contributed by atoms with Crippen LogP contribution >= 0.6 is 0 Å². The molecule has 0 spiro atoms. The highest BCUT2D eigenvalue weighted by Gasteiger charge is 2.27. The highest BCUT2D eigenvalue weighted by atomic mass is 16.5. The van der Waals surface area contributed by atoms with Gasteiger partial charge in [-0.15, -0.1) is 0 Å². The summed E-state index contributed by atoms with van der Waals surface area (Å²) in [6.07, 6.45) is 3.19. The molecule has 0 aromatic rings.